The molecule has 0 unspecified atom stereocenters. The maximum atomic E-state index is 12.1. The summed E-state index contributed by atoms with van der Waals surface area (Å²) in [6.45, 7) is 7.27. The normalized spacial score (nSPS) is 11.3. The average Bonchev–Trinajstić information content (AvgIpc) is 2.39. The predicted molar refractivity (Wildman–Crippen MR) is 75.5 cm³/mol. The van der Waals surface area contributed by atoms with E-state index in [1.807, 2.05) is 26.0 Å². The summed E-state index contributed by atoms with van der Waals surface area (Å²) >= 11 is 0. The standard InChI is InChI=1S/C15H24N2O/c1-4-12-6-8-13(9-7-12)15(2,3)14(18)17-11-5-10-16/h6-9H,4-5,10-11,16H2,1-3H3,(H,17,18). The molecule has 0 aliphatic rings. The van der Waals surface area contributed by atoms with Gasteiger partial charge in [-0.15, -0.1) is 0 Å². The lowest BCUT2D eigenvalue weighted by atomic mass is 9.83. The van der Waals surface area contributed by atoms with Crippen molar-refractivity contribution in [3.63, 3.8) is 0 Å². The van der Waals surface area contributed by atoms with Crippen LogP contribution in [-0.4, -0.2) is 19.0 Å². The van der Waals surface area contributed by atoms with E-state index in [-0.39, 0.29) is 5.91 Å². The lowest BCUT2D eigenvalue weighted by Gasteiger charge is -2.24. The molecule has 3 heteroatoms. The Hall–Kier alpha value is -1.35. The molecule has 0 aliphatic carbocycles. The van der Waals surface area contributed by atoms with Crippen molar-refractivity contribution in [1.82, 2.24) is 5.32 Å². The van der Waals surface area contributed by atoms with Crippen LogP contribution in [0.15, 0.2) is 24.3 Å². The Balaban J connectivity index is 2.74. The maximum Gasteiger partial charge on any atom is 0.230 e. The van der Waals surface area contributed by atoms with Gasteiger partial charge in [-0.3, -0.25) is 4.79 Å². The highest BCUT2D eigenvalue weighted by atomic mass is 16.2. The van der Waals surface area contributed by atoms with Crippen LogP contribution in [0, 0.1) is 0 Å². The van der Waals surface area contributed by atoms with Gasteiger partial charge in [-0.2, -0.15) is 0 Å². The molecule has 0 saturated heterocycles. The molecular formula is C15H24N2O. The predicted octanol–water partition coefficient (Wildman–Crippen LogP) is 1.99. The van der Waals surface area contributed by atoms with E-state index in [1.54, 1.807) is 0 Å². The molecule has 1 amide bonds. The second kappa shape index (κ2) is 6.55. The number of hydrogen-bond donors (Lipinski definition) is 2. The Morgan fingerprint density at radius 2 is 1.89 bits per heavy atom. The molecule has 1 aromatic carbocycles. The summed E-state index contributed by atoms with van der Waals surface area (Å²) in [7, 11) is 0. The number of nitrogens with two attached hydrogens (primary N) is 1. The van der Waals surface area contributed by atoms with Crippen LogP contribution in [0.2, 0.25) is 0 Å². The number of benzene rings is 1. The lowest BCUT2D eigenvalue weighted by molar-refractivity contribution is -0.125. The number of rotatable bonds is 6. The SMILES string of the molecule is CCc1ccc(C(C)(C)C(=O)NCCCN)cc1. The van der Waals surface area contributed by atoms with Crippen molar-refractivity contribution in [3.05, 3.63) is 35.4 Å². The molecule has 0 aromatic heterocycles. The quantitative estimate of drug-likeness (QED) is 0.756. The fraction of sp³-hybridized carbons (Fsp3) is 0.533. The zero-order valence-corrected chi connectivity index (χ0v) is 11.6. The van der Waals surface area contributed by atoms with E-state index < -0.39 is 5.41 Å². The van der Waals surface area contributed by atoms with Crippen molar-refractivity contribution in [2.45, 2.75) is 39.0 Å². The molecule has 0 fully saturated rings. The van der Waals surface area contributed by atoms with E-state index in [1.165, 1.54) is 5.56 Å². The summed E-state index contributed by atoms with van der Waals surface area (Å²) in [4.78, 5) is 12.1. The van der Waals surface area contributed by atoms with Gasteiger partial charge in [-0.1, -0.05) is 31.2 Å². The number of carbonyl (C=O) groups excluding carboxylic acids is 1. The molecule has 0 bridgehead atoms. The van der Waals surface area contributed by atoms with E-state index in [0.717, 1.165) is 18.4 Å². The van der Waals surface area contributed by atoms with E-state index >= 15 is 0 Å². The van der Waals surface area contributed by atoms with Gasteiger partial charge in [0.2, 0.25) is 5.91 Å². The Morgan fingerprint density at radius 1 is 1.28 bits per heavy atom. The van der Waals surface area contributed by atoms with Crippen LogP contribution >= 0.6 is 0 Å². The minimum absolute atomic E-state index is 0.0557. The Bertz CT molecular complexity index is 382. The summed E-state index contributed by atoms with van der Waals surface area (Å²) in [5.74, 6) is 0.0557. The van der Waals surface area contributed by atoms with Crippen LogP contribution in [0.3, 0.4) is 0 Å². The van der Waals surface area contributed by atoms with Crippen LogP contribution in [-0.2, 0) is 16.6 Å². The van der Waals surface area contributed by atoms with Gasteiger partial charge in [0.15, 0.2) is 0 Å². The summed E-state index contributed by atoms with van der Waals surface area (Å²) in [5.41, 5.74) is 7.25. The number of nitrogens with one attached hydrogen (secondary N) is 1. The Morgan fingerprint density at radius 3 is 2.39 bits per heavy atom. The molecule has 1 rings (SSSR count). The van der Waals surface area contributed by atoms with E-state index in [9.17, 15) is 4.79 Å². The van der Waals surface area contributed by atoms with Gasteiger partial charge in [0.05, 0.1) is 5.41 Å². The third-order valence-electron chi connectivity index (χ3n) is 3.32. The molecule has 100 valence electrons. The smallest absolute Gasteiger partial charge is 0.230 e. The molecule has 0 saturated carbocycles. The Labute approximate surface area is 110 Å². The number of hydrogen-bond acceptors (Lipinski definition) is 2. The molecular weight excluding hydrogens is 224 g/mol. The summed E-state index contributed by atoms with van der Waals surface area (Å²) < 4.78 is 0. The van der Waals surface area contributed by atoms with E-state index in [0.29, 0.717) is 13.1 Å². The lowest BCUT2D eigenvalue weighted by Crippen LogP contribution is -2.40. The highest BCUT2D eigenvalue weighted by Crippen LogP contribution is 2.23. The fourth-order valence-corrected chi connectivity index (χ4v) is 1.81. The van der Waals surface area contributed by atoms with Gasteiger partial charge in [-0.25, -0.2) is 0 Å². The maximum absolute atomic E-state index is 12.1. The van der Waals surface area contributed by atoms with Crippen molar-refractivity contribution >= 4 is 5.91 Å². The summed E-state index contributed by atoms with van der Waals surface area (Å²) in [6, 6.07) is 8.26. The largest absolute Gasteiger partial charge is 0.355 e. The van der Waals surface area contributed by atoms with Crippen LogP contribution in [0.25, 0.3) is 0 Å². The van der Waals surface area contributed by atoms with Crippen molar-refractivity contribution in [2.24, 2.45) is 5.73 Å². The third-order valence-corrected chi connectivity index (χ3v) is 3.32. The highest BCUT2D eigenvalue weighted by Gasteiger charge is 2.29. The first-order valence-electron chi connectivity index (χ1n) is 6.60. The minimum atomic E-state index is -0.499. The first-order valence-corrected chi connectivity index (χ1v) is 6.60. The van der Waals surface area contributed by atoms with Crippen molar-refractivity contribution in [2.75, 3.05) is 13.1 Å². The first-order chi connectivity index (χ1) is 8.52. The molecule has 0 radical (unpaired) electrons. The third kappa shape index (κ3) is 3.57. The van der Waals surface area contributed by atoms with Gasteiger partial charge < -0.3 is 11.1 Å². The summed E-state index contributed by atoms with van der Waals surface area (Å²) in [5, 5.41) is 2.93. The topological polar surface area (TPSA) is 55.1 Å². The number of aryl methyl sites for hydroxylation is 1. The second-order valence-electron chi connectivity index (χ2n) is 5.07. The molecule has 3 nitrogen and oxygen atoms in total. The van der Waals surface area contributed by atoms with Crippen LogP contribution in [0.5, 0.6) is 0 Å². The van der Waals surface area contributed by atoms with Gasteiger partial charge >= 0.3 is 0 Å². The molecule has 0 atom stereocenters. The van der Waals surface area contributed by atoms with Crippen LogP contribution in [0.4, 0.5) is 0 Å². The molecule has 1 aromatic rings. The molecule has 0 heterocycles. The van der Waals surface area contributed by atoms with Crippen LogP contribution in [0.1, 0.15) is 38.3 Å². The zero-order chi connectivity index (χ0) is 13.6. The molecule has 0 aliphatic heterocycles. The summed E-state index contributed by atoms with van der Waals surface area (Å²) in [6.07, 6.45) is 1.83. The van der Waals surface area contributed by atoms with Crippen LogP contribution < -0.4 is 11.1 Å². The minimum Gasteiger partial charge on any atom is -0.355 e. The molecule has 0 spiro atoms. The van der Waals surface area contributed by atoms with E-state index in [2.05, 4.69) is 24.4 Å². The highest BCUT2D eigenvalue weighted by molar-refractivity contribution is 5.87. The fourth-order valence-electron chi connectivity index (χ4n) is 1.81. The van der Waals surface area contributed by atoms with Crippen molar-refractivity contribution in [1.29, 1.82) is 0 Å². The van der Waals surface area contributed by atoms with Gasteiger partial charge in [0.1, 0.15) is 0 Å². The van der Waals surface area contributed by atoms with Gasteiger partial charge in [0, 0.05) is 6.54 Å². The van der Waals surface area contributed by atoms with Gasteiger partial charge in [-0.05, 0) is 44.4 Å². The average molecular weight is 248 g/mol. The number of carbonyl (C=O) groups is 1. The number of amides is 1. The van der Waals surface area contributed by atoms with E-state index in [4.69, 9.17) is 5.73 Å². The monoisotopic (exact) mass is 248 g/mol. The zero-order valence-electron chi connectivity index (χ0n) is 11.6. The second-order valence-corrected chi connectivity index (χ2v) is 5.07. The van der Waals surface area contributed by atoms with Crippen molar-refractivity contribution in [3.8, 4) is 0 Å². The molecule has 3 N–H and O–H groups in total. The molecule has 18 heavy (non-hydrogen) atoms. The van der Waals surface area contributed by atoms with Gasteiger partial charge in [0.25, 0.3) is 0 Å². The first kappa shape index (κ1) is 14.7. The Kier molecular flexibility index (Phi) is 5.35. The van der Waals surface area contributed by atoms with Crippen molar-refractivity contribution < 1.29 is 4.79 Å².